The Hall–Kier alpha value is -1.29. The third-order valence-corrected chi connectivity index (χ3v) is 2.12. The highest BCUT2D eigenvalue weighted by atomic mass is 35.5. The third kappa shape index (κ3) is 1.80. The molecule has 1 unspecified atom stereocenters. The van der Waals surface area contributed by atoms with Crippen LogP contribution in [0.5, 0.6) is 0 Å². The number of aliphatic carboxylic acids is 1. The molecule has 2 rings (SSSR count). The maximum atomic E-state index is 12.7. The van der Waals surface area contributed by atoms with E-state index in [0.717, 1.165) is 5.56 Å². The lowest BCUT2D eigenvalue weighted by Crippen LogP contribution is -2.26. The van der Waals surface area contributed by atoms with Gasteiger partial charge in [-0.3, -0.25) is 0 Å². The fourth-order valence-corrected chi connectivity index (χ4v) is 1.48. The number of carbonyl (C=O) groups is 1. The number of fused-ring (bicyclic) bond motifs is 1. The number of carboxylic acid groups (broad SMARTS) is 1. The summed E-state index contributed by atoms with van der Waals surface area (Å²) in [6.45, 7) is 0. The van der Waals surface area contributed by atoms with Gasteiger partial charge in [0, 0.05) is 12.1 Å². The second-order valence-electron chi connectivity index (χ2n) is 3.04. The average molecular weight is 218 g/mol. The van der Waals surface area contributed by atoms with Gasteiger partial charge in [0.1, 0.15) is 11.9 Å². The van der Waals surface area contributed by atoms with Crippen LogP contribution in [0.25, 0.3) is 0 Å². The summed E-state index contributed by atoms with van der Waals surface area (Å²) < 4.78 is 12.7. The van der Waals surface area contributed by atoms with Gasteiger partial charge in [0.2, 0.25) is 0 Å². The maximum absolute atomic E-state index is 12.7. The van der Waals surface area contributed by atoms with E-state index < -0.39 is 12.0 Å². The van der Waals surface area contributed by atoms with Crippen LogP contribution in [0.15, 0.2) is 18.2 Å². The summed E-state index contributed by atoms with van der Waals surface area (Å²) in [6.07, 6.45) is 0.350. The predicted octanol–water partition coefficient (Wildman–Crippen LogP) is 1.67. The molecule has 0 bridgehead atoms. The van der Waals surface area contributed by atoms with Crippen molar-refractivity contribution in [2.75, 3.05) is 5.32 Å². The Bertz CT molecular complexity index is 370. The van der Waals surface area contributed by atoms with Crippen molar-refractivity contribution in [3.63, 3.8) is 0 Å². The van der Waals surface area contributed by atoms with Gasteiger partial charge in [-0.2, -0.15) is 0 Å². The van der Waals surface area contributed by atoms with Crippen molar-refractivity contribution in [2.45, 2.75) is 12.5 Å². The third-order valence-electron chi connectivity index (χ3n) is 2.12. The first-order valence-corrected chi connectivity index (χ1v) is 3.94. The molecule has 1 aromatic carbocycles. The first-order chi connectivity index (χ1) is 6.16. The second-order valence-corrected chi connectivity index (χ2v) is 3.04. The number of carboxylic acids is 1. The minimum atomic E-state index is -0.906. The summed E-state index contributed by atoms with van der Waals surface area (Å²) in [5.41, 5.74) is 1.45. The molecule has 0 saturated heterocycles. The molecule has 3 nitrogen and oxygen atoms in total. The number of hydrogen-bond donors (Lipinski definition) is 2. The molecule has 0 aromatic heterocycles. The zero-order valence-corrected chi connectivity index (χ0v) is 7.97. The summed E-state index contributed by atoms with van der Waals surface area (Å²) in [5, 5.41) is 11.5. The maximum Gasteiger partial charge on any atom is 0.326 e. The van der Waals surface area contributed by atoms with Gasteiger partial charge in [0.05, 0.1) is 0 Å². The smallest absolute Gasteiger partial charge is 0.326 e. The summed E-state index contributed by atoms with van der Waals surface area (Å²) in [6, 6.07) is 3.63. The van der Waals surface area contributed by atoms with Gasteiger partial charge in [0.15, 0.2) is 0 Å². The zero-order chi connectivity index (χ0) is 9.42. The average Bonchev–Trinajstić information content (AvgIpc) is 2.46. The Morgan fingerprint density at radius 2 is 2.29 bits per heavy atom. The standard InChI is InChI=1S/C9H8FNO2.ClH/c10-6-1-2-7-5(3-6)4-8(11-7)9(12)13;/h1-3,8,11H,4H2,(H,12,13);1H. The van der Waals surface area contributed by atoms with Gasteiger partial charge in [-0.05, 0) is 23.8 Å². The highest BCUT2D eigenvalue weighted by Gasteiger charge is 2.26. The number of hydrogen-bond acceptors (Lipinski definition) is 2. The van der Waals surface area contributed by atoms with E-state index in [1.807, 2.05) is 0 Å². The number of benzene rings is 1. The molecule has 0 amide bonds. The lowest BCUT2D eigenvalue weighted by atomic mass is 10.1. The first kappa shape index (κ1) is 10.8. The molecule has 0 aliphatic carbocycles. The molecule has 0 fully saturated rings. The lowest BCUT2D eigenvalue weighted by molar-refractivity contribution is -0.137. The van der Waals surface area contributed by atoms with Gasteiger partial charge in [-0.25, -0.2) is 9.18 Å². The Kier molecular flexibility index (Phi) is 2.96. The van der Waals surface area contributed by atoms with Crippen molar-refractivity contribution in [1.29, 1.82) is 0 Å². The topological polar surface area (TPSA) is 49.3 Å². The SMILES string of the molecule is Cl.O=C(O)C1Cc2cc(F)ccc2N1. The Balaban J connectivity index is 0.000000980. The Morgan fingerprint density at radius 1 is 1.57 bits per heavy atom. The van der Waals surface area contributed by atoms with Crippen LogP contribution in [0.4, 0.5) is 10.1 Å². The van der Waals surface area contributed by atoms with E-state index in [4.69, 9.17) is 5.11 Å². The summed E-state index contributed by atoms with van der Waals surface area (Å²) in [7, 11) is 0. The molecule has 76 valence electrons. The van der Waals surface area contributed by atoms with E-state index in [9.17, 15) is 9.18 Å². The van der Waals surface area contributed by atoms with Crippen LogP contribution in [0.1, 0.15) is 5.56 Å². The van der Waals surface area contributed by atoms with Gasteiger partial charge in [-0.15, -0.1) is 12.4 Å². The number of anilines is 1. The molecule has 0 radical (unpaired) electrons. The van der Waals surface area contributed by atoms with Crippen molar-refractivity contribution in [3.8, 4) is 0 Å². The number of halogens is 2. The van der Waals surface area contributed by atoms with Gasteiger partial charge in [0.25, 0.3) is 0 Å². The molecule has 2 N–H and O–H groups in total. The van der Waals surface area contributed by atoms with Crippen LogP contribution >= 0.6 is 12.4 Å². The first-order valence-electron chi connectivity index (χ1n) is 3.94. The van der Waals surface area contributed by atoms with E-state index in [2.05, 4.69) is 5.32 Å². The molecular weight excluding hydrogens is 209 g/mol. The van der Waals surface area contributed by atoms with Crippen LogP contribution in [-0.2, 0) is 11.2 Å². The molecule has 1 aliphatic heterocycles. The van der Waals surface area contributed by atoms with Crippen LogP contribution < -0.4 is 5.32 Å². The molecule has 1 aromatic rings. The van der Waals surface area contributed by atoms with E-state index >= 15 is 0 Å². The van der Waals surface area contributed by atoms with Crippen molar-refractivity contribution in [1.82, 2.24) is 0 Å². The monoisotopic (exact) mass is 217 g/mol. The van der Waals surface area contributed by atoms with E-state index in [1.165, 1.54) is 12.1 Å². The highest BCUT2D eigenvalue weighted by Crippen LogP contribution is 2.26. The fraction of sp³-hybridized carbons (Fsp3) is 0.222. The number of nitrogens with one attached hydrogen (secondary N) is 1. The van der Waals surface area contributed by atoms with Crippen LogP contribution in [0.3, 0.4) is 0 Å². The van der Waals surface area contributed by atoms with Gasteiger partial charge < -0.3 is 10.4 Å². The summed E-state index contributed by atoms with van der Waals surface area (Å²) in [4.78, 5) is 10.6. The van der Waals surface area contributed by atoms with Crippen molar-refractivity contribution in [2.24, 2.45) is 0 Å². The summed E-state index contributed by atoms with van der Waals surface area (Å²) in [5.74, 6) is -1.23. The van der Waals surface area contributed by atoms with Crippen LogP contribution in [0.2, 0.25) is 0 Å². The molecule has 0 spiro atoms. The molecule has 5 heteroatoms. The second kappa shape index (κ2) is 3.84. The van der Waals surface area contributed by atoms with Crippen molar-refractivity contribution < 1.29 is 14.3 Å². The molecule has 1 heterocycles. The predicted molar refractivity (Wildman–Crippen MR) is 52.4 cm³/mol. The lowest BCUT2D eigenvalue weighted by Gasteiger charge is -2.03. The zero-order valence-electron chi connectivity index (χ0n) is 7.16. The van der Waals surface area contributed by atoms with Crippen LogP contribution in [-0.4, -0.2) is 17.1 Å². The highest BCUT2D eigenvalue weighted by molar-refractivity contribution is 5.85. The normalized spacial score (nSPS) is 17.9. The van der Waals surface area contributed by atoms with Crippen molar-refractivity contribution >= 4 is 24.1 Å². The molecule has 0 saturated carbocycles. The van der Waals surface area contributed by atoms with E-state index in [1.54, 1.807) is 6.07 Å². The van der Waals surface area contributed by atoms with Crippen molar-refractivity contribution in [3.05, 3.63) is 29.6 Å². The molecule has 14 heavy (non-hydrogen) atoms. The number of rotatable bonds is 1. The Labute approximate surface area is 86.3 Å². The van der Waals surface area contributed by atoms with E-state index in [0.29, 0.717) is 12.1 Å². The summed E-state index contributed by atoms with van der Waals surface area (Å²) >= 11 is 0. The molecular formula is C9H9ClFNO2. The Morgan fingerprint density at radius 3 is 2.93 bits per heavy atom. The molecule has 1 aliphatic rings. The fourth-order valence-electron chi connectivity index (χ4n) is 1.48. The largest absolute Gasteiger partial charge is 0.480 e. The van der Waals surface area contributed by atoms with Gasteiger partial charge in [-0.1, -0.05) is 0 Å². The van der Waals surface area contributed by atoms with Gasteiger partial charge >= 0.3 is 5.97 Å². The minimum Gasteiger partial charge on any atom is -0.480 e. The quantitative estimate of drug-likeness (QED) is 0.752. The van der Waals surface area contributed by atoms with Crippen LogP contribution in [0, 0.1) is 5.82 Å². The van der Waals surface area contributed by atoms with E-state index in [-0.39, 0.29) is 18.2 Å². The molecule has 1 atom stereocenters. The minimum absolute atomic E-state index is 0.